The molecule has 1 heteroatoms. The van der Waals surface area contributed by atoms with Crippen LogP contribution in [-0.2, 0) is 4.79 Å². The highest BCUT2D eigenvalue weighted by Crippen LogP contribution is 2.37. The van der Waals surface area contributed by atoms with Crippen molar-refractivity contribution in [2.24, 2.45) is 11.3 Å². The molecule has 1 unspecified atom stereocenters. The van der Waals surface area contributed by atoms with E-state index in [9.17, 15) is 4.79 Å². The van der Waals surface area contributed by atoms with Gasteiger partial charge in [0.15, 0.2) is 0 Å². The van der Waals surface area contributed by atoms with E-state index in [2.05, 4.69) is 26.8 Å². The van der Waals surface area contributed by atoms with Crippen molar-refractivity contribution in [2.75, 3.05) is 0 Å². The number of hydrogen-bond donors (Lipinski definition) is 0. The van der Waals surface area contributed by atoms with Crippen molar-refractivity contribution in [1.29, 1.82) is 0 Å². The van der Waals surface area contributed by atoms with E-state index < -0.39 is 0 Å². The standard InChI is InChI=1S/C13H20O/c1-13(2,3)12-8-6-11(7-9-12)5-4-10-14/h4-6,10,12H,7-9H2,1-3H3. The first-order valence-corrected chi connectivity index (χ1v) is 5.35. The smallest absolute Gasteiger partial charge is 0.142 e. The molecule has 0 N–H and O–H groups in total. The predicted molar refractivity (Wildman–Crippen MR) is 60.1 cm³/mol. The van der Waals surface area contributed by atoms with Gasteiger partial charge in [-0.3, -0.25) is 4.79 Å². The van der Waals surface area contributed by atoms with Crippen LogP contribution in [0.3, 0.4) is 0 Å². The highest BCUT2D eigenvalue weighted by atomic mass is 16.1. The summed E-state index contributed by atoms with van der Waals surface area (Å²) >= 11 is 0. The number of aldehydes is 1. The zero-order valence-electron chi connectivity index (χ0n) is 9.42. The normalized spacial score (nSPS) is 23.6. The van der Waals surface area contributed by atoms with Crippen LogP contribution in [0.1, 0.15) is 40.0 Å². The van der Waals surface area contributed by atoms with E-state index in [0.29, 0.717) is 5.41 Å². The molecule has 1 aliphatic carbocycles. The molecule has 0 amide bonds. The van der Waals surface area contributed by atoms with Gasteiger partial charge in [0, 0.05) is 0 Å². The van der Waals surface area contributed by atoms with Crippen LogP contribution in [0.15, 0.2) is 23.8 Å². The van der Waals surface area contributed by atoms with Crippen molar-refractivity contribution in [2.45, 2.75) is 40.0 Å². The highest BCUT2D eigenvalue weighted by molar-refractivity contribution is 5.65. The second kappa shape index (κ2) is 4.59. The van der Waals surface area contributed by atoms with Gasteiger partial charge in [0.1, 0.15) is 6.29 Å². The van der Waals surface area contributed by atoms with E-state index in [1.807, 2.05) is 6.08 Å². The maximum absolute atomic E-state index is 10.2. The summed E-state index contributed by atoms with van der Waals surface area (Å²) in [6, 6.07) is 0. The minimum Gasteiger partial charge on any atom is -0.299 e. The van der Waals surface area contributed by atoms with Crippen molar-refractivity contribution in [3.63, 3.8) is 0 Å². The molecule has 0 aliphatic heterocycles. The second-order valence-corrected chi connectivity index (χ2v) is 5.11. The topological polar surface area (TPSA) is 17.1 Å². The zero-order valence-corrected chi connectivity index (χ0v) is 9.42. The summed E-state index contributed by atoms with van der Waals surface area (Å²) < 4.78 is 0. The Morgan fingerprint density at radius 2 is 2.14 bits per heavy atom. The number of carbonyl (C=O) groups is 1. The van der Waals surface area contributed by atoms with E-state index in [1.54, 1.807) is 6.08 Å². The minimum atomic E-state index is 0.413. The van der Waals surface area contributed by atoms with Crippen molar-refractivity contribution in [3.8, 4) is 0 Å². The zero-order chi connectivity index (χ0) is 10.6. The summed E-state index contributed by atoms with van der Waals surface area (Å²) in [6.07, 6.45) is 10.2. The third-order valence-corrected chi connectivity index (χ3v) is 3.06. The first kappa shape index (κ1) is 11.2. The Morgan fingerprint density at radius 1 is 1.43 bits per heavy atom. The Bertz CT molecular complexity index is 253. The lowest BCUT2D eigenvalue weighted by atomic mass is 9.73. The third-order valence-electron chi connectivity index (χ3n) is 3.06. The predicted octanol–water partition coefficient (Wildman–Crippen LogP) is 3.51. The molecule has 0 aromatic heterocycles. The summed E-state index contributed by atoms with van der Waals surface area (Å²) in [5.41, 5.74) is 1.73. The Kier molecular flexibility index (Phi) is 3.68. The molecule has 14 heavy (non-hydrogen) atoms. The maximum atomic E-state index is 10.2. The van der Waals surface area contributed by atoms with Crippen LogP contribution in [0.4, 0.5) is 0 Å². The van der Waals surface area contributed by atoms with Crippen molar-refractivity contribution >= 4 is 6.29 Å². The average Bonchev–Trinajstić information content (AvgIpc) is 2.14. The Labute approximate surface area is 86.9 Å². The first-order chi connectivity index (χ1) is 6.54. The van der Waals surface area contributed by atoms with Crippen LogP contribution in [-0.4, -0.2) is 6.29 Å². The quantitative estimate of drug-likeness (QED) is 0.483. The van der Waals surface area contributed by atoms with Crippen molar-refractivity contribution in [3.05, 3.63) is 23.8 Å². The molecule has 0 aromatic rings. The fourth-order valence-corrected chi connectivity index (χ4v) is 1.96. The lowest BCUT2D eigenvalue weighted by Gasteiger charge is -2.32. The molecule has 0 saturated carbocycles. The Morgan fingerprint density at radius 3 is 2.57 bits per heavy atom. The van der Waals surface area contributed by atoms with Gasteiger partial charge in [0.25, 0.3) is 0 Å². The van der Waals surface area contributed by atoms with E-state index in [4.69, 9.17) is 0 Å². The molecular weight excluding hydrogens is 172 g/mol. The Hall–Kier alpha value is -0.850. The van der Waals surface area contributed by atoms with Crippen LogP contribution >= 0.6 is 0 Å². The van der Waals surface area contributed by atoms with Crippen molar-refractivity contribution in [1.82, 2.24) is 0 Å². The largest absolute Gasteiger partial charge is 0.299 e. The fraction of sp³-hybridized carbons (Fsp3) is 0.615. The van der Waals surface area contributed by atoms with Gasteiger partial charge in [0.2, 0.25) is 0 Å². The molecule has 1 aliphatic rings. The molecule has 0 heterocycles. The van der Waals surface area contributed by atoms with E-state index in [0.717, 1.165) is 25.0 Å². The third kappa shape index (κ3) is 3.13. The van der Waals surface area contributed by atoms with E-state index in [1.165, 1.54) is 12.0 Å². The van der Waals surface area contributed by atoms with Crippen molar-refractivity contribution < 1.29 is 4.79 Å². The minimum absolute atomic E-state index is 0.413. The van der Waals surface area contributed by atoms with E-state index in [-0.39, 0.29) is 0 Å². The number of rotatable bonds is 2. The molecule has 0 aromatic carbocycles. The SMILES string of the molecule is CC(C)(C)C1CC=C(C=CC=O)CC1. The molecule has 0 spiro atoms. The number of hydrogen-bond acceptors (Lipinski definition) is 1. The van der Waals surface area contributed by atoms with Gasteiger partial charge in [0.05, 0.1) is 0 Å². The molecule has 0 radical (unpaired) electrons. The highest BCUT2D eigenvalue weighted by Gasteiger charge is 2.25. The van der Waals surface area contributed by atoms with Gasteiger partial charge in [-0.1, -0.05) is 38.5 Å². The maximum Gasteiger partial charge on any atom is 0.142 e. The second-order valence-electron chi connectivity index (χ2n) is 5.11. The molecule has 1 nitrogen and oxygen atoms in total. The summed E-state index contributed by atoms with van der Waals surface area (Å²) in [5.74, 6) is 0.788. The first-order valence-electron chi connectivity index (χ1n) is 5.35. The molecule has 1 rings (SSSR count). The molecule has 0 fully saturated rings. The monoisotopic (exact) mass is 192 g/mol. The van der Waals surface area contributed by atoms with E-state index >= 15 is 0 Å². The summed E-state index contributed by atoms with van der Waals surface area (Å²) in [5, 5.41) is 0. The lowest BCUT2D eigenvalue weighted by molar-refractivity contribution is -0.104. The number of allylic oxidation sites excluding steroid dienone is 4. The van der Waals surface area contributed by atoms with Gasteiger partial charge in [-0.2, -0.15) is 0 Å². The van der Waals surface area contributed by atoms with Crippen LogP contribution in [0.25, 0.3) is 0 Å². The molecule has 0 saturated heterocycles. The van der Waals surface area contributed by atoms with Gasteiger partial charge in [-0.05, 0) is 36.7 Å². The van der Waals surface area contributed by atoms with Crippen LogP contribution in [0, 0.1) is 11.3 Å². The van der Waals surface area contributed by atoms with Crippen LogP contribution in [0.5, 0.6) is 0 Å². The fourth-order valence-electron chi connectivity index (χ4n) is 1.96. The lowest BCUT2D eigenvalue weighted by Crippen LogP contribution is -2.21. The Balaban J connectivity index is 2.55. The van der Waals surface area contributed by atoms with Gasteiger partial charge in [-0.25, -0.2) is 0 Å². The van der Waals surface area contributed by atoms with Gasteiger partial charge < -0.3 is 0 Å². The molecule has 78 valence electrons. The van der Waals surface area contributed by atoms with Crippen LogP contribution < -0.4 is 0 Å². The van der Waals surface area contributed by atoms with Gasteiger partial charge in [-0.15, -0.1) is 0 Å². The number of carbonyl (C=O) groups excluding carboxylic acids is 1. The molecule has 1 atom stereocenters. The summed E-state index contributed by atoms with van der Waals surface area (Å²) in [6.45, 7) is 6.91. The molecule has 0 bridgehead atoms. The summed E-state index contributed by atoms with van der Waals surface area (Å²) in [7, 11) is 0. The van der Waals surface area contributed by atoms with Gasteiger partial charge >= 0.3 is 0 Å². The average molecular weight is 192 g/mol. The van der Waals surface area contributed by atoms with Crippen LogP contribution in [0.2, 0.25) is 0 Å². The molecular formula is C13H20O. The summed E-state index contributed by atoms with van der Waals surface area (Å²) in [4.78, 5) is 10.2.